The van der Waals surface area contributed by atoms with Crippen LogP contribution in [0, 0.1) is 0 Å². The fraction of sp³-hybridized carbons (Fsp3) is 0.267. The van der Waals surface area contributed by atoms with Crippen LogP contribution in [0.3, 0.4) is 0 Å². The molecule has 3 aromatic heterocycles. The highest BCUT2D eigenvalue weighted by Crippen LogP contribution is 2.35. The number of aromatic nitrogens is 2. The van der Waals surface area contributed by atoms with Crippen LogP contribution in [0.5, 0.6) is 0 Å². The van der Waals surface area contributed by atoms with Crippen molar-refractivity contribution >= 4 is 44.1 Å². The van der Waals surface area contributed by atoms with E-state index in [1.165, 1.54) is 11.3 Å². The fourth-order valence-electron chi connectivity index (χ4n) is 2.65. The zero-order valence-electron chi connectivity index (χ0n) is 11.7. The molecule has 0 spiro atoms. The van der Waals surface area contributed by atoms with Crippen LogP contribution < -0.4 is 4.90 Å². The Labute approximate surface area is 134 Å². The number of nitrogens with zero attached hydrogens (tertiary/aromatic N) is 3. The van der Waals surface area contributed by atoms with Gasteiger partial charge in [-0.05, 0) is 30.4 Å². The summed E-state index contributed by atoms with van der Waals surface area (Å²) >= 11 is 2.98. The zero-order chi connectivity index (χ0) is 15.1. The van der Waals surface area contributed by atoms with Crippen molar-refractivity contribution < 1.29 is 9.90 Å². The largest absolute Gasteiger partial charge is 0.478 e. The molecule has 112 valence electrons. The van der Waals surface area contributed by atoms with Crippen LogP contribution in [0.25, 0.3) is 20.9 Å². The van der Waals surface area contributed by atoms with Crippen LogP contribution in [-0.4, -0.2) is 34.1 Å². The van der Waals surface area contributed by atoms with Crippen molar-refractivity contribution in [3.8, 4) is 10.6 Å². The number of aromatic carboxylic acids is 1. The van der Waals surface area contributed by atoms with Crippen LogP contribution in [-0.2, 0) is 0 Å². The van der Waals surface area contributed by atoms with Gasteiger partial charge in [0.1, 0.15) is 0 Å². The molecule has 7 heteroatoms. The van der Waals surface area contributed by atoms with E-state index in [4.69, 9.17) is 0 Å². The normalized spacial score (nSPS) is 14.8. The van der Waals surface area contributed by atoms with Crippen molar-refractivity contribution in [2.24, 2.45) is 0 Å². The van der Waals surface area contributed by atoms with E-state index in [0.29, 0.717) is 16.0 Å². The molecule has 3 aromatic rings. The average Bonchev–Trinajstić information content (AvgIpc) is 3.24. The zero-order valence-corrected chi connectivity index (χ0v) is 13.3. The minimum Gasteiger partial charge on any atom is -0.478 e. The number of carboxylic acids is 1. The van der Waals surface area contributed by atoms with Crippen LogP contribution >= 0.6 is 22.7 Å². The maximum atomic E-state index is 11.6. The highest BCUT2D eigenvalue weighted by atomic mass is 32.1. The number of carboxylic acid groups (broad SMARTS) is 1. The Morgan fingerprint density at radius 1 is 1.27 bits per heavy atom. The summed E-state index contributed by atoms with van der Waals surface area (Å²) in [4.78, 5) is 23.9. The van der Waals surface area contributed by atoms with Gasteiger partial charge in [0.2, 0.25) is 0 Å². The highest BCUT2D eigenvalue weighted by Gasteiger charge is 2.21. The third kappa shape index (κ3) is 2.26. The molecule has 5 nitrogen and oxygen atoms in total. The summed E-state index contributed by atoms with van der Waals surface area (Å²) in [6, 6.07) is 5.53. The second-order valence-corrected chi connectivity index (χ2v) is 7.11. The third-order valence-corrected chi connectivity index (χ3v) is 5.76. The van der Waals surface area contributed by atoms with Gasteiger partial charge in [0.05, 0.1) is 20.8 Å². The van der Waals surface area contributed by atoms with Gasteiger partial charge in [0.25, 0.3) is 0 Å². The Balaban J connectivity index is 1.89. The molecule has 0 saturated carbocycles. The molecule has 0 aromatic carbocycles. The van der Waals surface area contributed by atoms with E-state index in [1.807, 2.05) is 17.5 Å². The second kappa shape index (κ2) is 5.33. The first-order chi connectivity index (χ1) is 10.7. The van der Waals surface area contributed by atoms with Gasteiger partial charge in [-0.25, -0.2) is 9.78 Å². The quantitative estimate of drug-likeness (QED) is 0.792. The molecule has 0 amide bonds. The molecule has 1 saturated heterocycles. The Bertz CT molecular complexity index is 836. The van der Waals surface area contributed by atoms with E-state index in [-0.39, 0.29) is 5.56 Å². The monoisotopic (exact) mass is 331 g/mol. The van der Waals surface area contributed by atoms with Gasteiger partial charge in [-0.1, -0.05) is 17.4 Å². The lowest BCUT2D eigenvalue weighted by molar-refractivity contribution is 0.0699. The van der Waals surface area contributed by atoms with Crippen LogP contribution in [0.2, 0.25) is 0 Å². The van der Waals surface area contributed by atoms with E-state index in [1.54, 1.807) is 17.4 Å². The molecule has 1 fully saturated rings. The number of hydrogen-bond acceptors (Lipinski definition) is 6. The standard InChI is InChI=1S/C15H13N3O2S2/c19-14(20)9-8-10(11-4-3-7-21-11)16-13-12(9)22-15(17-13)18-5-1-2-6-18/h3-4,7-8H,1-2,5-6H2,(H,19,20). The number of rotatable bonds is 3. The fourth-order valence-corrected chi connectivity index (χ4v) is 4.41. The number of thiophene rings is 1. The lowest BCUT2D eigenvalue weighted by Crippen LogP contribution is -2.16. The molecule has 0 atom stereocenters. The van der Waals surface area contributed by atoms with E-state index in [9.17, 15) is 9.90 Å². The Hall–Kier alpha value is -1.99. The van der Waals surface area contributed by atoms with Crippen molar-refractivity contribution in [2.75, 3.05) is 18.0 Å². The first-order valence-corrected chi connectivity index (χ1v) is 8.76. The SMILES string of the molecule is O=C(O)c1cc(-c2cccs2)nc2nc(N3CCCC3)sc12. The number of fused-ring (bicyclic) bond motifs is 1. The van der Waals surface area contributed by atoms with E-state index in [0.717, 1.165) is 35.9 Å². The minimum atomic E-state index is -0.929. The van der Waals surface area contributed by atoms with Crippen molar-refractivity contribution in [3.05, 3.63) is 29.1 Å². The van der Waals surface area contributed by atoms with Gasteiger partial charge >= 0.3 is 5.97 Å². The van der Waals surface area contributed by atoms with Crippen molar-refractivity contribution in [3.63, 3.8) is 0 Å². The van der Waals surface area contributed by atoms with Gasteiger partial charge < -0.3 is 10.0 Å². The summed E-state index contributed by atoms with van der Waals surface area (Å²) in [5.74, 6) is -0.929. The number of hydrogen-bond donors (Lipinski definition) is 1. The molecular formula is C15H13N3O2S2. The second-order valence-electron chi connectivity index (χ2n) is 5.18. The molecule has 4 heterocycles. The number of thiazole rings is 1. The lowest BCUT2D eigenvalue weighted by atomic mass is 10.2. The smallest absolute Gasteiger partial charge is 0.337 e. The van der Waals surface area contributed by atoms with Gasteiger partial charge in [-0.15, -0.1) is 11.3 Å². The summed E-state index contributed by atoms with van der Waals surface area (Å²) in [6.45, 7) is 1.97. The van der Waals surface area contributed by atoms with E-state index in [2.05, 4.69) is 14.9 Å². The topological polar surface area (TPSA) is 66.3 Å². The molecule has 0 radical (unpaired) electrons. The predicted octanol–water partition coefficient (Wildman–Crippen LogP) is 3.72. The lowest BCUT2D eigenvalue weighted by Gasteiger charge is -2.11. The van der Waals surface area contributed by atoms with Gasteiger partial charge in [0.15, 0.2) is 10.8 Å². The Kier molecular flexibility index (Phi) is 3.31. The molecule has 0 unspecified atom stereocenters. The first kappa shape index (κ1) is 13.7. The summed E-state index contributed by atoms with van der Waals surface area (Å²) < 4.78 is 0.662. The molecule has 1 N–H and O–H groups in total. The van der Waals surface area contributed by atoms with E-state index >= 15 is 0 Å². The summed E-state index contributed by atoms with van der Waals surface area (Å²) in [5, 5.41) is 12.4. The highest BCUT2D eigenvalue weighted by molar-refractivity contribution is 7.22. The van der Waals surface area contributed by atoms with Crippen LogP contribution in [0.4, 0.5) is 5.13 Å². The first-order valence-electron chi connectivity index (χ1n) is 7.06. The Morgan fingerprint density at radius 3 is 2.77 bits per heavy atom. The minimum absolute atomic E-state index is 0.288. The molecule has 4 rings (SSSR count). The van der Waals surface area contributed by atoms with Crippen molar-refractivity contribution in [2.45, 2.75) is 12.8 Å². The molecule has 1 aliphatic heterocycles. The third-order valence-electron chi connectivity index (χ3n) is 3.73. The molecule has 1 aliphatic rings. The number of anilines is 1. The summed E-state index contributed by atoms with van der Waals surface area (Å²) in [7, 11) is 0. The van der Waals surface area contributed by atoms with E-state index < -0.39 is 5.97 Å². The predicted molar refractivity (Wildman–Crippen MR) is 89.1 cm³/mol. The maximum absolute atomic E-state index is 11.6. The molecule has 0 aliphatic carbocycles. The molecule has 22 heavy (non-hydrogen) atoms. The average molecular weight is 331 g/mol. The molecule has 0 bridgehead atoms. The van der Waals surface area contributed by atoms with Gasteiger partial charge in [0, 0.05) is 13.1 Å². The maximum Gasteiger partial charge on any atom is 0.337 e. The summed E-state index contributed by atoms with van der Waals surface area (Å²) in [6.07, 6.45) is 2.32. The Morgan fingerprint density at radius 2 is 2.09 bits per heavy atom. The van der Waals surface area contributed by atoms with Crippen LogP contribution in [0.15, 0.2) is 23.6 Å². The molecular weight excluding hydrogens is 318 g/mol. The number of carbonyl (C=O) groups is 1. The summed E-state index contributed by atoms with van der Waals surface area (Å²) in [5.41, 5.74) is 1.50. The van der Waals surface area contributed by atoms with Gasteiger partial charge in [-0.2, -0.15) is 4.98 Å². The van der Waals surface area contributed by atoms with Gasteiger partial charge in [-0.3, -0.25) is 0 Å². The number of pyridine rings is 1. The van der Waals surface area contributed by atoms with Crippen LogP contribution in [0.1, 0.15) is 23.2 Å². The van der Waals surface area contributed by atoms with Crippen molar-refractivity contribution in [1.29, 1.82) is 0 Å². The van der Waals surface area contributed by atoms with Crippen molar-refractivity contribution in [1.82, 2.24) is 9.97 Å².